The highest BCUT2D eigenvalue weighted by atomic mass is 16.5. The van der Waals surface area contributed by atoms with Crippen molar-refractivity contribution < 1.29 is 9.53 Å². The maximum absolute atomic E-state index is 12.3. The molecule has 0 N–H and O–H groups in total. The first-order chi connectivity index (χ1) is 23.1. The minimum absolute atomic E-state index is 0.281. The van der Waals surface area contributed by atoms with E-state index in [9.17, 15) is 4.79 Å². The summed E-state index contributed by atoms with van der Waals surface area (Å²) in [5.74, 6) is 1.85. The first-order valence-corrected chi connectivity index (χ1v) is 19.7. The molecule has 0 amide bonds. The molecule has 0 saturated carbocycles. The summed E-state index contributed by atoms with van der Waals surface area (Å²) in [6, 6.07) is 6.05. The van der Waals surface area contributed by atoms with Crippen LogP contribution in [0.3, 0.4) is 0 Å². The third-order valence-electron chi connectivity index (χ3n) is 9.78. The lowest BCUT2D eigenvalue weighted by Gasteiger charge is -2.33. The molecule has 1 aromatic carbocycles. The van der Waals surface area contributed by atoms with Crippen molar-refractivity contribution in [1.82, 2.24) is 9.80 Å². The Morgan fingerprint density at radius 1 is 0.958 bits per heavy atom. The molecule has 1 fully saturated rings. The Kier molecular flexibility index (Phi) is 28.5. The molecule has 0 aromatic heterocycles. The monoisotopic (exact) mass is 670 g/mol. The van der Waals surface area contributed by atoms with Gasteiger partial charge in [-0.05, 0) is 94.2 Å². The van der Waals surface area contributed by atoms with Crippen molar-refractivity contribution in [1.29, 1.82) is 0 Å². The van der Waals surface area contributed by atoms with E-state index >= 15 is 0 Å². The fraction of sp³-hybridized carbons (Fsp3) is 0.744. The van der Waals surface area contributed by atoms with Crippen molar-refractivity contribution in [3.05, 3.63) is 54.6 Å². The molecule has 0 bridgehead atoms. The molecule has 1 aliphatic heterocycles. The zero-order chi connectivity index (χ0) is 36.2. The normalized spacial score (nSPS) is 14.6. The quantitative estimate of drug-likeness (QED) is 0.0907. The Balaban J connectivity index is 0.00000143. The number of aryl methyl sites for hydroxylation is 1. The first-order valence-electron chi connectivity index (χ1n) is 19.7. The number of hydrogen-bond donors (Lipinski definition) is 0. The molecule has 1 heterocycles. The number of nitrogens with zero attached hydrogens (tertiary/aromatic N) is 3. The number of benzene rings is 1. The zero-order valence-electron chi connectivity index (χ0n) is 33.3. The first kappa shape index (κ1) is 45.9. The van der Waals surface area contributed by atoms with E-state index in [2.05, 4.69) is 89.4 Å². The van der Waals surface area contributed by atoms with Crippen LogP contribution in [0.1, 0.15) is 141 Å². The second-order valence-electron chi connectivity index (χ2n) is 14.2. The number of carbonyl (C=O) groups is 1. The van der Waals surface area contributed by atoms with Crippen molar-refractivity contribution in [2.45, 2.75) is 132 Å². The van der Waals surface area contributed by atoms with Crippen LogP contribution < -0.4 is 4.90 Å². The predicted molar refractivity (Wildman–Crippen MR) is 214 cm³/mol. The summed E-state index contributed by atoms with van der Waals surface area (Å²) in [5.41, 5.74) is 3.07. The van der Waals surface area contributed by atoms with Crippen molar-refractivity contribution in [3.8, 4) is 0 Å². The fourth-order valence-electron chi connectivity index (χ4n) is 5.98. The molecule has 5 nitrogen and oxygen atoms in total. The van der Waals surface area contributed by atoms with Crippen molar-refractivity contribution in [2.24, 2.45) is 17.8 Å². The van der Waals surface area contributed by atoms with Gasteiger partial charge in [0.2, 0.25) is 0 Å². The summed E-state index contributed by atoms with van der Waals surface area (Å²) in [6.45, 7) is 30.9. The lowest BCUT2D eigenvalue weighted by Crippen LogP contribution is -2.39. The number of piperidine rings is 1. The van der Waals surface area contributed by atoms with Crippen LogP contribution in [0.2, 0.25) is 0 Å². The lowest BCUT2D eigenvalue weighted by molar-refractivity contribution is 0.0600. The number of anilines is 1. The van der Waals surface area contributed by atoms with Crippen molar-refractivity contribution in [2.75, 3.05) is 64.9 Å². The molecule has 48 heavy (non-hydrogen) atoms. The molecule has 5 heteroatoms. The van der Waals surface area contributed by atoms with Gasteiger partial charge in [0.05, 0.1) is 12.7 Å². The summed E-state index contributed by atoms with van der Waals surface area (Å²) in [5, 5.41) is 0. The molecule has 278 valence electrons. The van der Waals surface area contributed by atoms with Gasteiger partial charge >= 0.3 is 5.97 Å². The molecular weight excluding hydrogens is 590 g/mol. The highest BCUT2D eigenvalue weighted by Crippen LogP contribution is 2.26. The Morgan fingerprint density at radius 2 is 1.60 bits per heavy atom. The van der Waals surface area contributed by atoms with E-state index in [-0.39, 0.29) is 5.97 Å². The second-order valence-corrected chi connectivity index (χ2v) is 14.2. The summed E-state index contributed by atoms with van der Waals surface area (Å²) >= 11 is 0. The minimum Gasteiger partial charge on any atom is -0.465 e. The molecule has 1 saturated heterocycles. The number of esters is 1. The number of methoxy groups -OCH3 is 1. The second kappa shape index (κ2) is 29.8. The summed E-state index contributed by atoms with van der Waals surface area (Å²) in [4.78, 5) is 19.7. The molecule has 0 aliphatic carbocycles. The predicted octanol–water partition coefficient (Wildman–Crippen LogP) is 11.1. The number of hydrogen-bond acceptors (Lipinski definition) is 5. The van der Waals surface area contributed by atoms with Crippen LogP contribution in [0.15, 0.2) is 43.5 Å². The number of unbranched alkanes of at least 4 members (excludes halogenated alkanes) is 4. The standard InChI is InChI=1S/C30H49N3O2.C8H18.C5H12/c1-7-10-11-27-12-13-28(30(34)35-6)23-29(27)33(24-25(4)9-3)22-21-32(17-8-2)20-16-26-14-18-31(5)19-15-26;1-4-6-7-8(3)5-2;1-3-5-4-2/h8-9,12-13,23,25-26H,2-3,7,10-11,14-22,24H2,1,4-6H3;8H,4-7H2,1-3H3;3-5H2,1-2H3. The largest absolute Gasteiger partial charge is 0.465 e. The molecule has 2 atom stereocenters. The third kappa shape index (κ3) is 21.1. The SMILES string of the molecule is C=CCN(CCC1CCN(C)CC1)CCN(CC(C)C=C)c1cc(C(=O)OC)ccc1CCCC.CCCCC.CCCCC(C)CC. The highest BCUT2D eigenvalue weighted by Gasteiger charge is 2.20. The zero-order valence-corrected chi connectivity index (χ0v) is 33.3. The Morgan fingerprint density at radius 3 is 2.12 bits per heavy atom. The van der Waals surface area contributed by atoms with Crippen LogP contribution >= 0.6 is 0 Å². The fourth-order valence-corrected chi connectivity index (χ4v) is 5.98. The van der Waals surface area contributed by atoms with Gasteiger partial charge in [-0.1, -0.05) is 118 Å². The number of carbonyl (C=O) groups excluding carboxylic acids is 1. The maximum Gasteiger partial charge on any atom is 0.337 e. The van der Waals surface area contributed by atoms with Gasteiger partial charge in [0.25, 0.3) is 0 Å². The molecule has 1 aliphatic rings. The number of likely N-dealkylation sites (tertiary alicyclic amines) is 1. The van der Waals surface area contributed by atoms with E-state index in [0.29, 0.717) is 11.5 Å². The average molecular weight is 670 g/mol. The lowest BCUT2D eigenvalue weighted by atomic mass is 9.93. The van der Waals surface area contributed by atoms with Crippen LogP contribution in [-0.4, -0.2) is 75.7 Å². The smallest absolute Gasteiger partial charge is 0.337 e. The van der Waals surface area contributed by atoms with E-state index in [0.717, 1.165) is 69.5 Å². The topological polar surface area (TPSA) is 36.0 Å². The van der Waals surface area contributed by atoms with Crippen LogP contribution in [0.5, 0.6) is 0 Å². The van der Waals surface area contributed by atoms with Crippen LogP contribution in [0, 0.1) is 17.8 Å². The maximum atomic E-state index is 12.3. The van der Waals surface area contributed by atoms with Crippen molar-refractivity contribution >= 4 is 11.7 Å². The number of rotatable bonds is 22. The van der Waals surface area contributed by atoms with E-state index in [4.69, 9.17) is 4.74 Å². The summed E-state index contributed by atoms with van der Waals surface area (Å²) in [7, 11) is 3.67. The van der Waals surface area contributed by atoms with Gasteiger partial charge in [0.1, 0.15) is 0 Å². The van der Waals surface area contributed by atoms with Gasteiger partial charge in [-0.25, -0.2) is 4.79 Å². The average Bonchev–Trinajstić information content (AvgIpc) is 3.11. The van der Waals surface area contributed by atoms with Crippen LogP contribution in [-0.2, 0) is 11.2 Å². The number of ether oxygens (including phenoxy) is 1. The summed E-state index contributed by atoms with van der Waals surface area (Å²) < 4.78 is 5.02. The highest BCUT2D eigenvalue weighted by molar-refractivity contribution is 5.90. The molecular formula is C43H79N3O2. The molecule has 0 spiro atoms. The molecule has 2 unspecified atom stereocenters. The minimum atomic E-state index is -0.281. The molecule has 0 radical (unpaired) electrons. The van der Waals surface area contributed by atoms with Gasteiger partial charge in [-0.15, -0.1) is 13.2 Å². The van der Waals surface area contributed by atoms with E-state index in [1.165, 1.54) is 90.0 Å². The van der Waals surface area contributed by atoms with Gasteiger partial charge < -0.3 is 14.5 Å². The van der Waals surface area contributed by atoms with E-state index < -0.39 is 0 Å². The van der Waals surface area contributed by atoms with Crippen LogP contribution in [0.4, 0.5) is 5.69 Å². The van der Waals surface area contributed by atoms with Gasteiger partial charge in [0.15, 0.2) is 0 Å². The Labute approximate surface area is 299 Å². The van der Waals surface area contributed by atoms with Crippen molar-refractivity contribution in [3.63, 3.8) is 0 Å². The summed E-state index contributed by atoms with van der Waals surface area (Å²) in [6.07, 6.45) is 20.8. The van der Waals surface area contributed by atoms with E-state index in [1.54, 1.807) is 0 Å². The van der Waals surface area contributed by atoms with Gasteiger partial charge in [0, 0.05) is 31.9 Å². The van der Waals surface area contributed by atoms with Crippen LogP contribution in [0.25, 0.3) is 0 Å². The Hall–Kier alpha value is -2.11. The molecule has 1 aromatic rings. The Bertz CT molecular complexity index is 938. The van der Waals surface area contributed by atoms with E-state index in [1.807, 2.05) is 24.3 Å². The third-order valence-corrected chi connectivity index (χ3v) is 9.78. The van der Waals surface area contributed by atoms with Gasteiger partial charge in [-0.2, -0.15) is 0 Å². The molecule has 2 rings (SSSR count). The van der Waals surface area contributed by atoms with Gasteiger partial charge in [-0.3, -0.25) is 4.90 Å².